The SMILES string of the molecule is OCCOCCC(CO)(CO)CO. The van der Waals surface area contributed by atoms with Gasteiger partial charge in [0.05, 0.1) is 33.0 Å². The van der Waals surface area contributed by atoms with Crippen molar-refractivity contribution in [2.75, 3.05) is 39.6 Å². The van der Waals surface area contributed by atoms with Crippen molar-refractivity contribution in [1.82, 2.24) is 0 Å². The fourth-order valence-electron chi connectivity index (χ4n) is 0.842. The van der Waals surface area contributed by atoms with Crippen molar-refractivity contribution in [3.8, 4) is 0 Å². The first-order chi connectivity index (χ1) is 6.24. The standard InChI is InChI=1S/C8H18O5/c9-2-4-13-3-1-8(5-10,6-11)7-12/h9-12H,1-7H2. The van der Waals surface area contributed by atoms with Crippen LogP contribution >= 0.6 is 0 Å². The zero-order chi connectivity index (χ0) is 10.2. The van der Waals surface area contributed by atoms with Crippen molar-refractivity contribution in [2.24, 2.45) is 5.41 Å². The summed E-state index contributed by atoms with van der Waals surface area (Å²) in [7, 11) is 0. The summed E-state index contributed by atoms with van der Waals surface area (Å²) in [4.78, 5) is 0. The first kappa shape index (κ1) is 12.8. The van der Waals surface area contributed by atoms with Gasteiger partial charge in [-0.05, 0) is 6.42 Å². The van der Waals surface area contributed by atoms with Crippen molar-refractivity contribution >= 4 is 0 Å². The Labute approximate surface area is 77.6 Å². The summed E-state index contributed by atoms with van der Waals surface area (Å²) in [5.41, 5.74) is -0.866. The third kappa shape index (κ3) is 4.54. The molecule has 0 aromatic heterocycles. The van der Waals surface area contributed by atoms with Gasteiger partial charge in [-0.3, -0.25) is 0 Å². The molecule has 0 heterocycles. The highest BCUT2D eigenvalue weighted by Crippen LogP contribution is 2.19. The molecule has 0 aliphatic rings. The molecule has 0 aliphatic heterocycles. The van der Waals surface area contributed by atoms with Gasteiger partial charge in [0.2, 0.25) is 0 Å². The second-order valence-corrected chi connectivity index (χ2v) is 3.06. The second-order valence-electron chi connectivity index (χ2n) is 3.06. The highest BCUT2D eigenvalue weighted by molar-refractivity contribution is 4.76. The molecule has 5 heteroatoms. The van der Waals surface area contributed by atoms with Crippen LogP contribution in [0.2, 0.25) is 0 Å². The van der Waals surface area contributed by atoms with Crippen LogP contribution in [0.1, 0.15) is 6.42 Å². The summed E-state index contributed by atoms with van der Waals surface area (Å²) in [6, 6.07) is 0. The van der Waals surface area contributed by atoms with E-state index in [0.29, 0.717) is 13.0 Å². The molecule has 0 amide bonds. The van der Waals surface area contributed by atoms with Crippen molar-refractivity contribution in [3.63, 3.8) is 0 Å². The quantitative estimate of drug-likeness (QED) is 0.348. The number of ether oxygens (including phenoxy) is 1. The first-order valence-corrected chi connectivity index (χ1v) is 4.26. The average molecular weight is 194 g/mol. The molecule has 0 spiro atoms. The van der Waals surface area contributed by atoms with Gasteiger partial charge in [0.25, 0.3) is 0 Å². The molecule has 0 saturated carbocycles. The van der Waals surface area contributed by atoms with Crippen LogP contribution in [0, 0.1) is 5.41 Å². The van der Waals surface area contributed by atoms with Crippen LogP contribution in [0.15, 0.2) is 0 Å². The predicted octanol–water partition coefficient (Wildman–Crippen LogP) is -1.65. The van der Waals surface area contributed by atoms with Gasteiger partial charge in [0.15, 0.2) is 0 Å². The molecule has 0 fully saturated rings. The predicted molar refractivity (Wildman–Crippen MR) is 46.2 cm³/mol. The molecule has 0 saturated heterocycles. The molecule has 0 bridgehead atoms. The maximum absolute atomic E-state index is 8.91. The van der Waals surface area contributed by atoms with Gasteiger partial charge in [-0.1, -0.05) is 0 Å². The Balaban J connectivity index is 3.68. The van der Waals surface area contributed by atoms with E-state index in [0.717, 1.165) is 0 Å². The van der Waals surface area contributed by atoms with Crippen molar-refractivity contribution in [1.29, 1.82) is 0 Å². The summed E-state index contributed by atoms with van der Waals surface area (Å²) >= 11 is 0. The Bertz CT molecular complexity index is 105. The Morgan fingerprint density at radius 2 is 1.38 bits per heavy atom. The van der Waals surface area contributed by atoms with E-state index in [4.69, 9.17) is 25.2 Å². The second kappa shape index (κ2) is 7.23. The van der Waals surface area contributed by atoms with Gasteiger partial charge in [-0.25, -0.2) is 0 Å². The Morgan fingerprint density at radius 1 is 0.846 bits per heavy atom. The zero-order valence-electron chi connectivity index (χ0n) is 7.65. The lowest BCUT2D eigenvalue weighted by Crippen LogP contribution is -2.35. The molecule has 0 unspecified atom stereocenters. The number of aliphatic hydroxyl groups is 4. The lowest BCUT2D eigenvalue weighted by molar-refractivity contribution is -0.0241. The van der Waals surface area contributed by atoms with Gasteiger partial charge in [0.1, 0.15) is 0 Å². The summed E-state index contributed by atoms with van der Waals surface area (Å²) in [5.74, 6) is 0. The molecule has 0 aromatic rings. The van der Waals surface area contributed by atoms with Crippen LogP contribution in [-0.2, 0) is 4.74 Å². The van der Waals surface area contributed by atoms with Gasteiger partial charge < -0.3 is 25.2 Å². The monoisotopic (exact) mass is 194 g/mol. The minimum absolute atomic E-state index is 0.0512. The maximum Gasteiger partial charge on any atom is 0.0697 e. The molecule has 0 rings (SSSR count). The van der Waals surface area contributed by atoms with E-state index in [-0.39, 0.29) is 33.0 Å². The summed E-state index contributed by atoms with van der Waals surface area (Å²) < 4.78 is 4.96. The fraction of sp³-hybridized carbons (Fsp3) is 1.00. The van der Waals surface area contributed by atoms with E-state index in [2.05, 4.69) is 0 Å². The van der Waals surface area contributed by atoms with E-state index < -0.39 is 5.41 Å². The van der Waals surface area contributed by atoms with Crippen LogP contribution in [0.25, 0.3) is 0 Å². The van der Waals surface area contributed by atoms with Gasteiger partial charge in [0, 0.05) is 12.0 Å². The van der Waals surface area contributed by atoms with E-state index in [9.17, 15) is 0 Å². The van der Waals surface area contributed by atoms with Gasteiger partial charge in [-0.2, -0.15) is 0 Å². The van der Waals surface area contributed by atoms with Crippen LogP contribution in [0.4, 0.5) is 0 Å². The lowest BCUT2D eigenvalue weighted by Gasteiger charge is -2.26. The molecular weight excluding hydrogens is 176 g/mol. The maximum atomic E-state index is 8.91. The summed E-state index contributed by atoms with van der Waals surface area (Å²) in [6.45, 7) is -0.335. The Morgan fingerprint density at radius 3 is 1.77 bits per heavy atom. The third-order valence-electron chi connectivity index (χ3n) is 2.02. The molecule has 0 aliphatic carbocycles. The molecule has 0 aromatic carbocycles. The Kier molecular flexibility index (Phi) is 7.12. The molecule has 0 atom stereocenters. The molecule has 13 heavy (non-hydrogen) atoms. The molecule has 5 nitrogen and oxygen atoms in total. The minimum Gasteiger partial charge on any atom is -0.396 e. The van der Waals surface area contributed by atoms with Crippen molar-refractivity contribution in [3.05, 3.63) is 0 Å². The van der Waals surface area contributed by atoms with Crippen LogP contribution in [0.3, 0.4) is 0 Å². The first-order valence-electron chi connectivity index (χ1n) is 4.26. The van der Waals surface area contributed by atoms with Crippen LogP contribution < -0.4 is 0 Å². The normalized spacial score (nSPS) is 12.0. The van der Waals surface area contributed by atoms with Gasteiger partial charge in [-0.15, -0.1) is 0 Å². The molecular formula is C8H18O5. The van der Waals surface area contributed by atoms with Gasteiger partial charge >= 0.3 is 0 Å². The van der Waals surface area contributed by atoms with Crippen LogP contribution in [-0.4, -0.2) is 60.1 Å². The molecule has 0 radical (unpaired) electrons. The molecule has 4 N–H and O–H groups in total. The summed E-state index contributed by atoms with van der Waals surface area (Å²) in [6.07, 6.45) is 0.372. The minimum atomic E-state index is -0.866. The van der Waals surface area contributed by atoms with Crippen LogP contribution in [0.5, 0.6) is 0 Å². The van der Waals surface area contributed by atoms with E-state index in [1.54, 1.807) is 0 Å². The topological polar surface area (TPSA) is 90.2 Å². The number of aliphatic hydroxyl groups excluding tert-OH is 4. The van der Waals surface area contributed by atoms with Crippen molar-refractivity contribution in [2.45, 2.75) is 6.42 Å². The zero-order valence-corrected chi connectivity index (χ0v) is 7.65. The van der Waals surface area contributed by atoms with E-state index in [1.165, 1.54) is 0 Å². The van der Waals surface area contributed by atoms with E-state index >= 15 is 0 Å². The smallest absolute Gasteiger partial charge is 0.0697 e. The average Bonchev–Trinajstić information content (AvgIpc) is 2.20. The summed E-state index contributed by atoms with van der Waals surface area (Å²) in [5, 5.41) is 35.1. The Hall–Kier alpha value is -0.200. The number of hydrogen-bond acceptors (Lipinski definition) is 5. The number of hydrogen-bond donors (Lipinski definition) is 4. The largest absolute Gasteiger partial charge is 0.396 e. The lowest BCUT2D eigenvalue weighted by atomic mass is 9.88. The molecule has 80 valence electrons. The highest BCUT2D eigenvalue weighted by atomic mass is 16.5. The third-order valence-corrected chi connectivity index (χ3v) is 2.02. The number of rotatable bonds is 8. The van der Waals surface area contributed by atoms with Crippen molar-refractivity contribution < 1.29 is 25.2 Å². The van der Waals surface area contributed by atoms with E-state index in [1.807, 2.05) is 0 Å². The fourth-order valence-corrected chi connectivity index (χ4v) is 0.842. The highest BCUT2D eigenvalue weighted by Gasteiger charge is 2.27.